The normalized spacial score (nSPS) is 11.1. The monoisotopic (exact) mass is 390 g/mol. The van der Waals surface area contributed by atoms with E-state index in [2.05, 4.69) is 0 Å². The largest absolute Gasteiger partial charge is 0.332 e. The number of hydrogen-bond acceptors (Lipinski definition) is 2. The third kappa shape index (κ3) is 3.51. The Balaban J connectivity index is 1.88. The van der Waals surface area contributed by atoms with Crippen LogP contribution in [0.2, 0.25) is 5.02 Å². The summed E-state index contributed by atoms with van der Waals surface area (Å²) < 4.78 is 2.96. The van der Waals surface area contributed by atoms with Crippen LogP contribution in [0.4, 0.5) is 0 Å². The third-order valence-electron chi connectivity index (χ3n) is 4.85. The number of rotatable bonds is 4. The molecule has 0 atom stereocenters. The van der Waals surface area contributed by atoms with Gasteiger partial charge >= 0.3 is 5.69 Å². The molecule has 0 aliphatic carbocycles. The zero-order valence-electron chi connectivity index (χ0n) is 15.4. The van der Waals surface area contributed by atoms with Crippen molar-refractivity contribution in [3.05, 3.63) is 115 Å². The highest BCUT2D eigenvalue weighted by molar-refractivity contribution is 6.30. The minimum absolute atomic E-state index is 0.202. The van der Waals surface area contributed by atoms with Crippen molar-refractivity contribution in [3.63, 3.8) is 0 Å². The average molecular weight is 391 g/mol. The lowest BCUT2D eigenvalue weighted by Gasteiger charge is -2.14. The molecule has 140 valence electrons. The van der Waals surface area contributed by atoms with E-state index in [-0.39, 0.29) is 17.8 Å². The molecule has 1 aromatic heterocycles. The highest BCUT2D eigenvalue weighted by Crippen LogP contribution is 2.13. The van der Waals surface area contributed by atoms with Crippen molar-refractivity contribution in [2.24, 2.45) is 0 Å². The number of para-hydroxylation sites is 1. The van der Waals surface area contributed by atoms with Crippen LogP contribution in [0.3, 0.4) is 0 Å². The molecule has 4 nitrogen and oxygen atoms in total. The van der Waals surface area contributed by atoms with Gasteiger partial charge in [0, 0.05) is 5.02 Å². The van der Waals surface area contributed by atoms with E-state index in [0.717, 1.165) is 16.7 Å². The fourth-order valence-electron chi connectivity index (χ4n) is 3.31. The third-order valence-corrected chi connectivity index (χ3v) is 5.10. The van der Waals surface area contributed by atoms with Crippen molar-refractivity contribution in [1.29, 1.82) is 0 Å². The first-order valence-corrected chi connectivity index (χ1v) is 9.43. The predicted octanol–water partition coefficient (Wildman–Crippen LogP) is 4.22. The second-order valence-corrected chi connectivity index (χ2v) is 7.33. The first kappa shape index (κ1) is 18.3. The summed E-state index contributed by atoms with van der Waals surface area (Å²) in [5.41, 5.74) is 3.06. The van der Waals surface area contributed by atoms with Crippen molar-refractivity contribution < 1.29 is 0 Å². The van der Waals surface area contributed by atoms with Crippen LogP contribution in [0.25, 0.3) is 10.9 Å². The van der Waals surface area contributed by atoms with Gasteiger partial charge in [-0.05, 0) is 42.3 Å². The van der Waals surface area contributed by atoms with E-state index >= 15 is 0 Å². The molecule has 4 rings (SSSR count). The zero-order valence-corrected chi connectivity index (χ0v) is 16.2. The number of aromatic nitrogens is 2. The van der Waals surface area contributed by atoms with Gasteiger partial charge in [0.05, 0.1) is 24.0 Å². The quantitative estimate of drug-likeness (QED) is 0.523. The highest BCUT2D eigenvalue weighted by Gasteiger charge is 2.13. The highest BCUT2D eigenvalue weighted by atomic mass is 35.5. The van der Waals surface area contributed by atoms with Crippen molar-refractivity contribution in [3.8, 4) is 0 Å². The van der Waals surface area contributed by atoms with Crippen LogP contribution < -0.4 is 11.2 Å². The minimum Gasteiger partial charge on any atom is -0.289 e. The van der Waals surface area contributed by atoms with Crippen LogP contribution in [0, 0.1) is 6.92 Å². The average Bonchev–Trinajstić information content (AvgIpc) is 2.71. The van der Waals surface area contributed by atoms with Crippen molar-refractivity contribution in [2.75, 3.05) is 0 Å². The molecule has 28 heavy (non-hydrogen) atoms. The lowest BCUT2D eigenvalue weighted by atomic mass is 10.1. The Bertz CT molecular complexity index is 1250. The van der Waals surface area contributed by atoms with E-state index in [1.165, 1.54) is 4.57 Å². The molecule has 0 saturated heterocycles. The molecule has 0 radical (unpaired) electrons. The Morgan fingerprint density at radius 1 is 0.750 bits per heavy atom. The van der Waals surface area contributed by atoms with Gasteiger partial charge in [0.2, 0.25) is 0 Å². The molecular formula is C23H19ClN2O2. The SMILES string of the molecule is Cc1ccc(Cn2c(=O)n(Cc3ccc(Cl)cc3)c(=O)c3ccccc32)cc1. The van der Waals surface area contributed by atoms with Crippen LogP contribution in [-0.4, -0.2) is 9.13 Å². The molecular weight excluding hydrogens is 372 g/mol. The Morgan fingerprint density at radius 3 is 2.00 bits per heavy atom. The first-order valence-electron chi connectivity index (χ1n) is 9.05. The molecule has 0 bridgehead atoms. The summed E-state index contributed by atoms with van der Waals surface area (Å²) in [5, 5.41) is 1.15. The molecule has 4 aromatic rings. The van der Waals surface area contributed by atoms with Gasteiger partial charge in [0.25, 0.3) is 5.56 Å². The van der Waals surface area contributed by atoms with Gasteiger partial charge in [-0.1, -0.05) is 65.7 Å². The zero-order chi connectivity index (χ0) is 19.7. The van der Waals surface area contributed by atoms with Gasteiger partial charge < -0.3 is 0 Å². The summed E-state index contributed by atoms with van der Waals surface area (Å²) in [7, 11) is 0. The maximum atomic E-state index is 13.2. The summed E-state index contributed by atoms with van der Waals surface area (Å²) in [6.45, 7) is 2.63. The Kier molecular flexibility index (Phi) is 4.88. The van der Waals surface area contributed by atoms with E-state index in [4.69, 9.17) is 11.6 Å². The molecule has 0 aliphatic heterocycles. The molecule has 0 unspecified atom stereocenters. The topological polar surface area (TPSA) is 44.0 Å². The number of nitrogens with zero attached hydrogens (tertiary/aromatic N) is 2. The fraction of sp³-hybridized carbons (Fsp3) is 0.130. The second-order valence-electron chi connectivity index (χ2n) is 6.89. The Labute approximate surface area is 167 Å². The molecule has 0 amide bonds. The maximum absolute atomic E-state index is 13.2. The predicted molar refractivity (Wildman–Crippen MR) is 113 cm³/mol. The number of fused-ring (bicyclic) bond motifs is 1. The molecule has 1 heterocycles. The van der Waals surface area contributed by atoms with Gasteiger partial charge in [-0.15, -0.1) is 0 Å². The molecule has 0 spiro atoms. The van der Waals surface area contributed by atoms with Gasteiger partial charge in [0.1, 0.15) is 0 Å². The molecule has 3 aromatic carbocycles. The summed E-state index contributed by atoms with van der Waals surface area (Å²) in [5.74, 6) is 0. The summed E-state index contributed by atoms with van der Waals surface area (Å²) in [6, 6.07) is 22.5. The summed E-state index contributed by atoms with van der Waals surface area (Å²) in [6.07, 6.45) is 0. The van der Waals surface area contributed by atoms with E-state index in [1.54, 1.807) is 22.8 Å². The molecule has 5 heteroatoms. The number of halogens is 1. The Morgan fingerprint density at radius 2 is 1.32 bits per heavy atom. The second kappa shape index (κ2) is 7.49. The first-order chi connectivity index (χ1) is 13.5. The Hall–Kier alpha value is -3.11. The summed E-state index contributed by atoms with van der Waals surface area (Å²) in [4.78, 5) is 26.2. The van der Waals surface area contributed by atoms with Crippen molar-refractivity contribution >= 4 is 22.5 Å². The summed E-state index contributed by atoms with van der Waals surface area (Å²) >= 11 is 5.95. The smallest absolute Gasteiger partial charge is 0.289 e. The van der Waals surface area contributed by atoms with E-state index < -0.39 is 0 Å². The molecule has 0 aliphatic rings. The van der Waals surface area contributed by atoms with Crippen molar-refractivity contribution in [1.82, 2.24) is 9.13 Å². The minimum atomic E-state index is -0.320. The lowest BCUT2D eigenvalue weighted by Crippen LogP contribution is -2.40. The van der Waals surface area contributed by atoms with Gasteiger partial charge in [0.15, 0.2) is 0 Å². The fourth-order valence-corrected chi connectivity index (χ4v) is 3.44. The lowest BCUT2D eigenvalue weighted by molar-refractivity contribution is 0.635. The molecule has 0 N–H and O–H groups in total. The van der Waals surface area contributed by atoms with Crippen LogP contribution in [-0.2, 0) is 13.1 Å². The van der Waals surface area contributed by atoms with Gasteiger partial charge in [-0.3, -0.25) is 13.9 Å². The van der Waals surface area contributed by atoms with Gasteiger partial charge in [-0.25, -0.2) is 4.79 Å². The maximum Gasteiger partial charge on any atom is 0.332 e. The number of hydrogen-bond donors (Lipinski definition) is 0. The molecule has 0 fully saturated rings. The van der Waals surface area contributed by atoms with Crippen molar-refractivity contribution in [2.45, 2.75) is 20.0 Å². The van der Waals surface area contributed by atoms with E-state index in [9.17, 15) is 9.59 Å². The standard InChI is InChI=1S/C23H19ClN2O2/c1-16-6-8-17(9-7-16)14-25-21-5-3-2-4-20(21)22(27)26(23(25)28)15-18-10-12-19(24)13-11-18/h2-13H,14-15H2,1H3. The van der Waals surface area contributed by atoms with Gasteiger partial charge in [-0.2, -0.15) is 0 Å². The van der Waals surface area contributed by atoms with E-state index in [0.29, 0.717) is 22.5 Å². The van der Waals surface area contributed by atoms with Crippen LogP contribution in [0.1, 0.15) is 16.7 Å². The van der Waals surface area contributed by atoms with Crippen LogP contribution in [0.5, 0.6) is 0 Å². The molecule has 0 saturated carbocycles. The number of aryl methyl sites for hydroxylation is 1. The number of benzene rings is 3. The van der Waals surface area contributed by atoms with Crippen LogP contribution >= 0.6 is 11.6 Å². The van der Waals surface area contributed by atoms with Crippen LogP contribution in [0.15, 0.2) is 82.4 Å². The van der Waals surface area contributed by atoms with E-state index in [1.807, 2.05) is 61.5 Å².